The SMILES string of the molecule is O=C(CSCc1nc2ccccc2s1)NCc1ccc(CN2CCCCC2)cc1. The van der Waals surface area contributed by atoms with Crippen molar-refractivity contribution in [2.45, 2.75) is 38.1 Å². The number of likely N-dealkylation sites (tertiary alicyclic amines) is 1. The average molecular weight is 426 g/mol. The molecule has 1 fully saturated rings. The third kappa shape index (κ3) is 6.04. The number of carbonyl (C=O) groups excluding carboxylic acids is 1. The number of fused-ring (bicyclic) bond motifs is 1. The molecule has 0 bridgehead atoms. The Labute approximate surface area is 180 Å². The minimum Gasteiger partial charge on any atom is -0.351 e. The highest BCUT2D eigenvalue weighted by Crippen LogP contribution is 2.24. The molecule has 0 aliphatic carbocycles. The third-order valence-corrected chi connectivity index (χ3v) is 7.33. The summed E-state index contributed by atoms with van der Waals surface area (Å²) >= 11 is 3.32. The highest BCUT2D eigenvalue weighted by Gasteiger charge is 2.10. The molecular formula is C23H27N3OS2. The first-order chi connectivity index (χ1) is 14.3. The molecule has 4 rings (SSSR count). The van der Waals surface area contributed by atoms with Crippen molar-refractivity contribution in [3.63, 3.8) is 0 Å². The van der Waals surface area contributed by atoms with Crippen LogP contribution in [-0.2, 0) is 23.6 Å². The van der Waals surface area contributed by atoms with E-state index in [-0.39, 0.29) is 5.91 Å². The number of benzene rings is 2. The van der Waals surface area contributed by atoms with Crippen molar-refractivity contribution in [1.82, 2.24) is 15.2 Å². The van der Waals surface area contributed by atoms with Crippen molar-refractivity contribution >= 4 is 39.2 Å². The first kappa shape index (κ1) is 20.4. The topological polar surface area (TPSA) is 45.2 Å². The van der Waals surface area contributed by atoms with Crippen LogP contribution in [0.4, 0.5) is 0 Å². The van der Waals surface area contributed by atoms with Gasteiger partial charge in [0.25, 0.3) is 0 Å². The maximum Gasteiger partial charge on any atom is 0.230 e. The summed E-state index contributed by atoms with van der Waals surface area (Å²) in [5.74, 6) is 1.31. The van der Waals surface area contributed by atoms with Gasteiger partial charge in [0.2, 0.25) is 5.91 Å². The second kappa shape index (κ2) is 10.2. The molecule has 3 aromatic rings. The van der Waals surface area contributed by atoms with E-state index in [1.165, 1.54) is 42.6 Å². The second-order valence-electron chi connectivity index (χ2n) is 7.50. The third-order valence-electron chi connectivity index (χ3n) is 5.16. The van der Waals surface area contributed by atoms with Crippen LogP contribution in [0.1, 0.15) is 35.4 Å². The minimum absolute atomic E-state index is 0.0773. The van der Waals surface area contributed by atoms with E-state index in [0.717, 1.165) is 28.4 Å². The first-order valence-electron chi connectivity index (χ1n) is 10.3. The molecule has 0 unspecified atom stereocenters. The number of thioether (sulfide) groups is 1. The molecule has 0 radical (unpaired) electrons. The van der Waals surface area contributed by atoms with Crippen LogP contribution < -0.4 is 5.32 Å². The van der Waals surface area contributed by atoms with Gasteiger partial charge in [-0.2, -0.15) is 0 Å². The molecule has 0 spiro atoms. The molecule has 1 aliphatic heterocycles. The monoisotopic (exact) mass is 425 g/mol. The molecule has 1 aliphatic rings. The molecule has 6 heteroatoms. The number of thiazole rings is 1. The fraction of sp³-hybridized carbons (Fsp3) is 0.391. The van der Waals surface area contributed by atoms with Gasteiger partial charge in [-0.05, 0) is 49.2 Å². The number of nitrogens with one attached hydrogen (secondary N) is 1. The highest BCUT2D eigenvalue weighted by atomic mass is 32.2. The molecule has 2 heterocycles. The molecule has 1 amide bonds. The van der Waals surface area contributed by atoms with E-state index in [1.807, 2.05) is 18.2 Å². The summed E-state index contributed by atoms with van der Waals surface area (Å²) < 4.78 is 1.20. The van der Waals surface area contributed by atoms with Crippen molar-refractivity contribution in [3.8, 4) is 0 Å². The van der Waals surface area contributed by atoms with Gasteiger partial charge in [-0.25, -0.2) is 4.98 Å². The Morgan fingerprint density at radius 2 is 1.79 bits per heavy atom. The summed E-state index contributed by atoms with van der Waals surface area (Å²) in [5.41, 5.74) is 3.55. The van der Waals surface area contributed by atoms with Crippen molar-refractivity contribution in [1.29, 1.82) is 0 Å². The Kier molecular flexibility index (Phi) is 7.19. The molecule has 4 nitrogen and oxygen atoms in total. The normalized spacial score (nSPS) is 14.9. The zero-order chi connectivity index (χ0) is 19.9. The fourth-order valence-corrected chi connectivity index (χ4v) is 5.48. The molecular weight excluding hydrogens is 398 g/mol. The molecule has 2 aromatic carbocycles. The Balaban J connectivity index is 1.17. The van der Waals surface area contributed by atoms with E-state index >= 15 is 0 Å². The van der Waals surface area contributed by atoms with E-state index < -0.39 is 0 Å². The van der Waals surface area contributed by atoms with Gasteiger partial charge in [0.1, 0.15) is 5.01 Å². The van der Waals surface area contributed by atoms with Crippen molar-refractivity contribution < 1.29 is 4.79 Å². The molecule has 1 aromatic heterocycles. The number of hydrogen-bond donors (Lipinski definition) is 1. The minimum atomic E-state index is 0.0773. The van der Waals surface area contributed by atoms with Gasteiger partial charge in [0.05, 0.1) is 16.0 Å². The maximum atomic E-state index is 12.2. The summed E-state index contributed by atoms with van der Waals surface area (Å²) in [7, 11) is 0. The molecule has 0 atom stereocenters. The fourth-order valence-electron chi connectivity index (χ4n) is 3.60. The van der Waals surface area contributed by atoms with Crippen LogP contribution in [0.5, 0.6) is 0 Å². The molecule has 152 valence electrons. The number of hydrogen-bond acceptors (Lipinski definition) is 5. The lowest BCUT2D eigenvalue weighted by Crippen LogP contribution is -2.29. The number of para-hydroxylation sites is 1. The van der Waals surface area contributed by atoms with Crippen LogP contribution in [0, 0.1) is 0 Å². The van der Waals surface area contributed by atoms with Gasteiger partial charge < -0.3 is 5.32 Å². The van der Waals surface area contributed by atoms with E-state index in [2.05, 4.69) is 45.5 Å². The number of aromatic nitrogens is 1. The quantitative estimate of drug-likeness (QED) is 0.561. The predicted octanol–water partition coefficient (Wildman–Crippen LogP) is 4.83. The highest BCUT2D eigenvalue weighted by molar-refractivity contribution is 7.99. The van der Waals surface area contributed by atoms with Gasteiger partial charge in [-0.1, -0.05) is 42.8 Å². The van der Waals surface area contributed by atoms with Crippen molar-refractivity contribution in [2.75, 3.05) is 18.8 Å². The average Bonchev–Trinajstić information content (AvgIpc) is 3.17. The summed E-state index contributed by atoms with van der Waals surface area (Å²) in [6.07, 6.45) is 4.01. The largest absolute Gasteiger partial charge is 0.351 e. The van der Waals surface area contributed by atoms with E-state index in [1.54, 1.807) is 23.1 Å². The van der Waals surface area contributed by atoms with Gasteiger partial charge in [0.15, 0.2) is 0 Å². The lowest BCUT2D eigenvalue weighted by molar-refractivity contribution is -0.118. The number of carbonyl (C=O) groups is 1. The van der Waals surface area contributed by atoms with Gasteiger partial charge in [-0.3, -0.25) is 9.69 Å². The molecule has 1 saturated heterocycles. The maximum absolute atomic E-state index is 12.2. The predicted molar refractivity (Wildman–Crippen MR) is 123 cm³/mol. The summed E-state index contributed by atoms with van der Waals surface area (Å²) in [5, 5.41) is 4.10. The van der Waals surface area contributed by atoms with E-state index in [9.17, 15) is 4.79 Å². The lowest BCUT2D eigenvalue weighted by Gasteiger charge is -2.26. The van der Waals surface area contributed by atoms with Crippen LogP contribution in [0.15, 0.2) is 48.5 Å². The van der Waals surface area contributed by atoms with Crippen LogP contribution in [0.3, 0.4) is 0 Å². The van der Waals surface area contributed by atoms with E-state index in [4.69, 9.17) is 0 Å². The van der Waals surface area contributed by atoms with Crippen LogP contribution >= 0.6 is 23.1 Å². The van der Waals surface area contributed by atoms with Crippen molar-refractivity contribution in [3.05, 3.63) is 64.7 Å². The van der Waals surface area contributed by atoms with Gasteiger partial charge in [0, 0.05) is 18.8 Å². The van der Waals surface area contributed by atoms with Crippen molar-refractivity contribution in [2.24, 2.45) is 0 Å². The van der Waals surface area contributed by atoms with Gasteiger partial charge >= 0.3 is 0 Å². The van der Waals surface area contributed by atoms with Crippen LogP contribution in [-0.4, -0.2) is 34.6 Å². The zero-order valence-electron chi connectivity index (χ0n) is 16.6. The Bertz CT molecular complexity index is 900. The van der Waals surface area contributed by atoms with Crippen LogP contribution in [0.2, 0.25) is 0 Å². The Hall–Kier alpha value is -1.89. The van der Waals surface area contributed by atoms with Crippen LogP contribution in [0.25, 0.3) is 10.2 Å². The lowest BCUT2D eigenvalue weighted by atomic mass is 10.1. The number of rotatable bonds is 8. The first-order valence-corrected chi connectivity index (χ1v) is 12.2. The number of piperidine rings is 1. The summed E-state index contributed by atoms with van der Waals surface area (Å²) in [6, 6.07) is 16.8. The Morgan fingerprint density at radius 1 is 1.03 bits per heavy atom. The number of amides is 1. The standard InChI is InChI=1S/C23H27N3OS2/c27-22(16-28-17-23-25-20-6-2-3-7-21(20)29-23)24-14-18-8-10-19(11-9-18)15-26-12-4-1-5-13-26/h2-3,6-11H,1,4-5,12-17H2,(H,24,27). The van der Waals surface area contributed by atoms with E-state index in [0.29, 0.717) is 12.3 Å². The summed E-state index contributed by atoms with van der Waals surface area (Å²) in [6.45, 7) is 4.05. The Morgan fingerprint density at radius 3 is 2.59 bits per heavy atom. The number of nitrogens with zero attached hydrogens (tertiary/aromatic N) is 2. The second-order valence-corrected chi connectivity index (χ2v) is 9.60. The zero-order valence-corrected chi connectivity index (χ0v) is 18.2. The molecule has 1 N–H and O–H groups in total. The van der Waals surface area contributed by atoms with Gasteiger partial charge in [-0.15, -0.1) is 23.1 Å². The molecule has 29 heavy (non-hydrogen) atoms. The molecule has 0 saturated carbocycles. The summed E-state index contributed by atoms with van der Waals surface area (Å²) in [4.78, 5) is 19.3. The smallest absolute Gasteiger partial charge is 0.230 e.